The number of hydrogen-bond donors (Lipinski definition) is 0. The summed E-state index contributed by atoms with van der Waals surface area (Å²) in [5.41, 5.74) is 10.8. The third-order valence-corrected chi connectivity index (χ3v) is 16.9. The molecule has 0 radical (unpaired) electrons. The van der Waals surface area contributed by atoms with E-state index in [2.05, 4.69) is 241 Å². The molecule has 0 unspecified atom stereocenters. The Morgan fingerprint density at radius 1 is 0.293 bits per heavy atom. The van der Waals surface area contributed by atoms with Gasteiger partial charge >= 0.3 is 0 Å². The zero-order chi connectivity index (χ0) is 38.6. The highest BCUT2D eigenvalue weighted by Gasteiger charge is 2.41. The van der Waals surface area contributed by atoms with E-state index in [9.17, 15) is 0 Å². The van der Waals surface area contributed by atoms with Gasteiger partial charge in [-0.1, -0.05) is 188 Å². The van der Waals surface area contributed by atoms with E-state index in [4.69, 9.17) is 0 Å². The smallest absolute Gasteiger partial charge is 0.179 e. The van der Waals surface area contributed by atoms with Crippen LogP contribution in [-0.4, -0.2) is 17.2 Å². The monoisotopic (exact) mass is 756 g/mol. The Kier molecular flexibility index (Phi) is 8.09. The predicted octanol–water partition coefficient (Wildman–Crippen LogP) is 11.2. The summed E-state index contributed by atoms with van der Waals surface area (Å²) in [6.07, 6.45) is 0. The Hall–Kier alpha value is -7.20. The van der Waals surface area contributed by atoms with Crippen molar-refractivity contribution in [1.82, 2.24) is 9.13 Å². The second kappa shape index (κ2) is 13.8. The van der Waals surface area contributed by atoms with Gasteiger partial charge in [0.2, 0.25) is 0 Å². The summed E-state index contributed by atoms with van der Waals surface area (Å²) >= 11 is 0. The van der Waals surface area contributed by atoms with Crippen LogP contribution in [0.3, 0.4) is 0 Å². The fourth-order valence-electron chi connectivity index (χ4n) is 9.67. The molecule has 0 amide bonds. The maximum atomic E-state index is 2.52. The molecule has 0 bridgehead atoms. The van der Waals surface area contributed by atoms with Crippen molar-refractivity contribution in [1.29, 1.82) is 0 Å². The standard InChI is InChI=1S/C55H40N2Si/c1-39-33-35-54-48(37-39)46-27-13-17-31-52(46)56(54)50-29-15-11-25-44(50)45-26-12-16-30-51(45)57-53-32-18-14-28-47(53)49-38-43(34-36-55(49)57)58(40-19-5-2-6-20-40,41-21-7-3-8-22-41)42-23-9-4-10-24-42/h2-38H,1H3. The van der Waals surface area contributed by atoms with Gasteiger partial charge in [-0.05, 0) is 70.1 Å². The first-order chi connectivity index (χ1) is 28.7. The van der Waals surface area contributed by atoms with Gasteiger partial charge in [0, 0.05) is 32.7 Å². The first-order valence-corrected chi connectivity index (χ1v) is 22.1. The van der Waals surface area contributed by atoms with E-state index in [0.29, 0.717) is 0 Å². The summed E-state index contributed by atoms with van der Waals surface area (Å²) in [7, 11) is -2.74. The lowest BCUT2D eigenvalue weighted by molar-refractivity contribution is 1.16. The highest BCUT2D eigenvalue weighted by atomic mass is 28.3. The summed E-state index contributed by atoms with van der Waals surface area (Å²) in [4.78, 5) is 0. The van der Waals surface area contributed by atoms with Gasteiger partial charge in [0.1, 0.15) is 0 Å². The van der Waals surface area contributed by atoms with Crippen molar-refractivity contribution in [2.75, 3.05) is 0 Å². The van der Waals surface area contributed by atoms with Crippen LogP contribution in [0.2, 0.25) is 0 Å². The van der Waals surface area contributed by atoms with E-state index in [-0.39, 0.29) is 0 Å². The number of rotatable bonds is 7. The summed E-state index contributed by atoms with van der Waals surface area (Å²) < 4.78 is 4.95. The number of nitrogens with zero attached hydrogens (tertiary/aromatic N) is 2. The van der Waals surface area contributed by atoms with E-state index in [1.165, 1.54) is 81.0 Å². The van der Waals surface area contributed by atoms with Gasteiger partial charge in [0.05, 0.1) is 33.4 Å². The van der Waals surface area contributed by atoms with E-state index >= 15 is 0 Å². The highest BCUT2D eigenvalue weighted by Crippen LogP contribution is 2.40. The van der Waals surface area contributed by atoms with Crippen LogP contribution in [0.4, 0.5) is 0 Å². The lowest BCUT2D eigenvalue weighted by Gasteiger charge is -2.34. The Morgan fingerprint density at radius 2 is 0.672 bits per heavy atom. The van der Waals surface area contributed by atoms with Crippen LogP contribution in [0.15, 0.2) is 224 Å². The fraction of sp³-hybridized carbons (Fsp3) is 0.0182. The molecule has 0 fully saturated rings. The van der Waals surface area contributed by atoms with Gasteiger partial charge < -0.3 is 9.13 Å². The Balaban J connectivity index is 1.18. The quantitative estimate of drug-likeness (QED) is 0.113. The molecule has 0 atom stereocenters. The Bertz CT molecular complexity index is 3190. The molecule has 274 valence electrons. The molecule has 0 N–H and O–H groups in total. The summed E-state index contributed by atoms with van der Waals surface area (Å²) in [5.74, 6) is 0. The number of aryl methyl sites for hydroxylation is 1. The van der Waals surface area contributed by atoms with Gasteiger partial charge in [-0.3, -0.25) is 0 Å². The lowest BCUT2D eigenvalue weighted by atomic mass is 10.0. The van der Waals surface area contributed by atoms with E-state index < -0.39 is 8.07 Å². The van der Waals surface area contributed by atoms with Crippen LogP contribution in [0, 0.1) is 6.92 Å². The topological polar surface area (TPSA) is 9.86 Å². The molecule has 11 aromatic rings. The van der Waals surface area contributed by atoms with Crippen LogP contribution >= 0.6 is 0 Å². The number of para-hydroxylation sites is 4. The third-order valence-electron chi connectivity index (χ3n) is 12.1. The molecule has 9 aromatic carbocycles. The van der Waals surface area contributed by atoms with Crippen LogP contribution < -0.4 is 20.7 Å². The first-order valence-electron chi connectivity index (χ1n) is 20.1. The molecule has 11 rings (SSSR count). The third kappa shape index (κ3) is 5.17. The molecule has 0 saturated heterocycles. The summed E-state index contributed by atoms with van der Waals surface area (Å²) in [5, 5.41) is 10.5. The fourth-order valence-corrected chi connectivity index (χ4v) is 14.4. The highest BCUT2D eigenvalue weighted by molar-refractivity contribution is 7.20. The number of fused-ring (bicyclic) bond motifs is 6. The van der Waals surface area contributed by atoms with Gasteiger partial charge in [-0.2, -0.15) is 0 Å². The van der Waals surface area contributed by atoms with Gasteiger partial charge in [-0.25, -0.2) is 0 Å². The molecule has 0 aliphatic heterocycles. The SMILES string of the molecule is Cc1ccc2c(c1)c1ccccc1n2-c1ccccc1-c1ccccc1-n1c2ccccc2c2cc([Si](c3ccccc3)(c3ccccc3)c3ccccc3)ccc21. The molecule has 2 aromatic heterocycles. The van der Waals surface area contributed by atoms with E-state index in [1.807, 2.05) is 0 Å². The minimum Gasteiger partial charge on any atom is -0.309 e. The van der Waals surface area contributed by atoms with Crippen LogP contribution in [-0.2, 0) is 0 Å². The molecule has 0 saturated carbocycles. The minimum absolute atomic E-state index is 1.16. The number of benzene rings is 9. The normalized spacial score (nSPS) is 11.9. The lowest BCUT2D eigenvalue weighted by Crippen LogP contribution is -2.74. The maximum absolute atomic E-state index is 2.74. The zero-order valence-corrected chi connectivity index (χ0v) is 33.3. The average molecular weight is 757 g/mol. The van der Waals surface area contributed by atoms with Crippen molar-refractivity contribution >= 4 is 72.4 Å². The molecule has 3 heteroatoms. The van der Waals surface area contributed by atoms with Gasteiger partial charge in [0.15, 0.2) is 8.07 Å². The van der Waals surface area contributed by atoms with Crippen LogP contribution in [0.5, 0.6) is 0 Å². The molecule has 0 spiro atoms. The van der Waals surface area contributed by atoms with Crippen molar-refractivity contribution in [3.8, 4) is 22.5 Å². The second-order valence-electron chi connectivity index (χ2n) is 15.3. The molecule has 0 aliphatic carbocycles. The summed E-state index contributed by atoms with van der Waals surface area (Å²) in [6, 6.07) is 83.3. The molecule has 0 aliphatic rings. The van der Waals surface area contributed by atoms with Crippen LogP contribution in [0.1, 0.15) is 5.56 Å². The molecule has 2 heterocycles. The summed E-state index contributed by atoms with van der Waals surface area (Å²) in [6.45, 7) is 2.18. The molecule has 2 nitrogen and oxygen atoms in total. The maximum Gasteiger partial charge on any atom is 0.179 e. The van der Waals surface area contributed by atoms with Gasteiger partial charge in [0.25, 0.3) is 0 Å². The predicted molar refractivity (Wildman–Crippen MR) is 249 cm³/mol. The van der Waals surface area contributed by atoms with E-state index in [0.717, 1.165) is 11.4 Å². The van der Waals surface area contributed by atoms with Crippen molar-refractivity contribution in [2.45, 2.75) is 6.92 Å². The Morgan fingerprint density at radius 3 is 1.17 bits per heavy atom. The number of hydrogen-bond acceptors (Lipinski definition) is 0. The molecular formula is C55H40N2Si. The molecular weight excluding hydrogens is 717 g/mol. The van der Waals surface area contributed by atoms with Crippen molar-refractivity contribution < 1.29 is 0 Å². The van der Waals surface area contributed by atoms with Crippen molar-refractivity contribution in [3.05, 3.63) is 230 Å². The largest absolute Gasteiger partial charge is 0.309 e. The average Bonchev–Trinajstić information content (AvgIpc) is 3.80. The van der Waals surface area contributed by atoms with Gasteiger partial charge in [-0.15, -0.1) is 0 Å². The minimum atomic E-state index is -2.74. The molecule has 58 heavy (non-hydrogen) atoms. The van der Waals surface area contributed by atoms with Crippen molar-refractivity contribution in [2.24, 2.45) is 0 Å². The Labute approximate surface area is 339 Å². The number of aromatic nitrogens is 2. The zero-order valence-electron chi connectivity index (χ0n) is 32.3. The van der Waals surface area contributed by atoms with Crippen LogP contribution in [0.25, 0.3) is 66.1 Å². The first kappa shape index (κ1) is 34.1. The van der Waals surface area contributed by atoms with E-state index in [1.54, 1.807) is 0 Å². The second-order valence-corrected chi connectivity index (χ2v) is 19.1. The van der Waals surface area contributed by atoms with Crippen molar-refractivity contribution in [3.63, 3.8) is 0 Å².